The number of nitrogens with zero attached hydrogens (tertiary/aromatic N) is 1. The largest absolute Gasteiger partial charge is 0.493 e. The van der Waals surface area contributed by atoms with Crippen molar-refractivity contribution >= 4 is 45.0 Å². The van der Waals surface area contributed by atoms with E-state index in [1.54, 1.807) is 23.3 Å². The number of fused-ring (bicyclic) bond motifs is 5. The zero-order valence-corrected chi connectivity index (χ0v) is 16.7. The summed E-state index contributed by atoms with van der Waals surface area (Å²) in [6, 6.07) is 6.01. The van der Waals surface area contributed by atoms with Crippen LogP contribution in [0.4, 0.5) is 0 Å². The summed E-state index contributed by atoms with van der Waals surface area (Å²) in [7, 11) is 0. The average molecular weight is 442 g/mol. The highest BCUT2D eigenvalue weighted by Gasteiger charge is 2.40. The van der Waals surface area contributed by atoms with Crippen LogP contribution in [0.2, 0.25) is 0 Å². The highest BCUT2D eigenvalue weighted by atomic mass is 79.9. The van der Waals surface area contributed by atoms with Crippen LogP contribution in [0.3, 0.4) is 0 Å². The van der Waals surface area contributed by atoms with Gasteiger partial charge >= 0.3 is 10.8 Å². The molecule has 0 bridgehead atoms. The fraction of sp³-hybridized carbons (Fsp3) is 0.412. The van der Waals surface area contributed by atoms with E-state index >= 15 is 0 Å². The molecule has 5 nitrogen and oxygen atoms in total. The second kappa shape index (κ2) is 6.81. The van der Waals surface area contributed by atoms with Crippen molar-refractivity contribution in [3.63, 3.8) is 0 Å². The van der Waals surface area contributed by atoms with Crippen LogP contribution >= 0.6 is 39.0 Å². The summed E-state index contributed by atoms with van der Waals surface area (Å²) in [6.45, 7) is 2.71. The maximum absolute atomic E-state index is 12.5. The molecular weight excluding hydrogens is 426 g/mol. The van der Waals surface area contributed by atoms with Crippen molar-refractivity contribution in [1.82, 2.24) is 4.57 Å². The van der Waals surface area contributed by atoms with Crippen LogP contribution in [-0.2, 0) is 16.1 Å². The number of hydrogen-bond donors (Lipinski definition) is 0. The zero-order valence-electron chi connectivity index (χ0n) is 13.5. The lowest BCUT2D eigenvalue weighted by Gasteiger charge is -2.36. The van der Waals surface area contributed by atoms with E-state index in [0.717, 1.165) is 31.4 Å². The number of aromatic nitrogens is 1. The Balaban J connectivity index is 1.78. The first-order chi connectivity index (χ1) is 12.1. The number of carbonyl (C=O) groups is 1. The van der Waals surface area contributed by atoms with Gasteiger partial charge in [0.05, 0.1) is 18.2 Å². The molecule has 0 N–H and O–H groups in total. The van der Waals surface area contributed by atoms with Crippen LogP contribution in [0, 0.1) is 5.92 Å². The number of hydrogen-bond acceptors (Lipinski definition) is 6. The predicted octanol–water partition coefficient (Wildman–Crippen LogP) is 3.48. The van der Waals surface area contributed by atoms with Crippen molar-refractivity contribution in [3.8, 4) is 5.75 Å². The Morgan fingerprint density at radius 1 is 1.48 bits per heavy atom. The normalized spacial score (nSPS) is 20.9. The van der Waals surface area contributed by atoms with Gasteiger partial charge in [-0.3, -0.25) is 14.2 Å². The molecule has 2 atom stereocenters. The molecule has 0 fully saturated rings. The molecule has 2 aliphatic heterocycles. The van der Waals surface area contributed by atoms with Crippen LogP contribution in [0.1, 0.15) is 23.3 Å². The summed E-state index contributed by atoms with van der Waals surface area (Å²) >= 11 is 6.41. The molecule has 1 aromatic heterocycles. The van der Waals surface area contributed by atoms with Gasteiger partial charge in [-0.15, -0.1) is 11.8 Å². The first kappa shape index (κ1) is 17.2. The van der Waals surface area contributed by atoms with E-state index in [9.17, 15) is 9.59 Å². The Hall–Kier alpha value is -1.25. The minimum Gasteiger partial charge on any atom is -0.493 e. The summed E-state index contributed by atoms with van der Waals surface area (Å²) in [5, 5.41) is 0.900. The maximum Gasteiger partial charge on any atom is 0.326 e. The topological polar surface area (TPSA) is 57.5 Å². The van der Waals surface area contributed by atoms with E-state index in [1.807, 2.05) is 12.1 Å². The quantitative estimate of drug-likeness (QED) is 0.682. The van der Waals surface area contributed by atoms with Crippen LogP contribution in [-0.4, -0.2) is 29.5 Å². The summed E-state index contributed by atoms with van der Waals surface area (Å²) in [5.41, 5.74) is 1.11. The Morgan fingerprint density at radius 2 is 2.32 bits per heavy atom. The molecule has 132 valence electrons. The van der Waals surface area contributed by atoms with E-state index in [0.29, 0.717) is 19.1 Å². The van der Waals surface area contributed by atoms with Crippen molar-refractivity contribution in [2.24, 2.45) is 5.92 Å². The van der Waals surface area contributed by atoms with Crippen LogP contribution in [0.15, 0.2) is 32.5 Å². The summed E-state index contributed by atoms with van der Waals surface area (Å²) < 4.78 is 13.5. The van der Waals surface area contributed by atoms with Gasteiger partial charge in [0.25, 0.3) is 0 Å². The summed E-state index contributed by atoms with van der Waals surface area (Å²) in [6.07, 6.45) is 0. The number of thiazole rings is 1. The van der Waals surface area contributed by atoms with E-state index in [4.69, 9.17) is 9.47 Å². The molecule has 25 heavy (non-hydrogen) atoms. The third-order valence-electron chi connectivity index (χ3n) is 4.41. The second-order valence-corrected chi connectivity index (χ2v) is 8.89. The number of carbonyl (C=O) groups excluding carboxylic acids is 1. The van der Waals surface area contributed by atoms with Crippen LogP contribution < -0.4 is 9.61 Å². The molecular formula is C17H16BrNO4S2. The first-order valence-corrected chi connectivity index (χ1v) is 10.6. The van der Waals surface area contributed by atoms with Crippen LogP contribution in [0.25, 0.3) is 0 Å². The number of halogens is 1. The molecule has 0 spiro atoms. The number of benzene rings is 1. The summed E-state index contributed by atoms with van der Waals surface area (Å²) in [4.78, 5) is 25.3. The Labute approximate surface area is 161 Å². The fourth-order valence-corrected chi connectivity index (χ4v) is 6.42. The first-order valence-electron chi connectivity index (χ1n) is 8.02. The van der Waals surface area contributed by atoms with Crippen LogP contribution in [0.5, 0.6) is 5.75 Å². The highest BCUT2D eigenvalue weighted by Crippen LogP contribution is 2.50. The van der Waals surface area contributed by atoms with E-state index in [2.05, 4.69) is 22.0 Å². The van der Waals surface area contributed by atoms with Crippen molar-refractivity contribution < 1.29 is 14.3 Å². The summed E-state index contributed by atoms with van der Waals surface area (Å²) in [5.74, 6) is 1.83. The van der Waals surface area contributed by atoms with Gasteiger partial charge in [-0.05, 0) is 25.1 Å². The van der Waals surface area contributed by atoms with E-state index in [1.165, 1.54) is 11.3 Å². The molecule has 0 saturated heterocycles. The standard InChI is InChI=1S/C17H16BrNO4S2/c1-2-22-13(20)6-19-16-15(25-17(19)21)14-9(8-24-16)7-23-12-4-3-10(18)5-11(12)14/h3-5,9,14H,2,6-8H2,1H3/t9-,14+/m0/s1. The van der Waals surface area contributed by atoms with Gasteiger partial charge in [0, 0.05) is 32.5 Å². The third kappa shape index (κ3) is 3.04. The van der Waals surface area contributed by atoms with Gasteiger partial charge in [0.2, 0.25) is 0 Å². The molecule has 2 aromatic rings. The maximum atomic E-state index is 12.5. The zero-order chi connectivity index (χ0) is 17.6. The molecule has 0 aliphatic carbocycles. The molecule has 4 rings (SSSR count). The lowest BCUT2D eigenvalue weighted by molar-refractivity contribution is -0.144. The van der Waals surface area contributed by atoms with Crippen molar-refractivity contribution in [2.45, 2.75) is 24.4 Å². The van der Waals surface area contributed by atoms with E-state index < -0.39 is 0 Å². The van der Waals surface area contributed by atoms with Crippen molar-refractivity contribution in [1.29, 1.82) is 0 Å². The number of esters is 1. The number of thioether (sulfide) groups is 1. The van der Waals surface area contributed by atoms with Gasteiger partial charge in [0.1, 0.15) is 12.3 Å². The minimum atomic E-state index is -0.372. The number of rotatable bonds is 3. The van der Waals surface area contributed by atoms with Crippen molar-refractivity contribution in [3.05, 3.63) is 42.8 Å². The predicted molar refractivity (Wildman–Crippen MR) is 101 cm³/mol. The molecule has 1 aromatic carbocycles. The molecule has 0 unspecified atom stereocenters. The lowest BCUT2D eigenvalue weighted by Crippen LogP contribution is -2.31. The minimum absolute atomic E-state index is 0.0231. The lowest BCUT2D eigenvalue weighted by atomic mass is 9.84. The van der Waals surface area contributed by atoms with Gasteiger partial charge in [-0.25, -0.2) is 0 Å². The molecule has 3 heterocycles. The van der Waals surface area contributed by atoms with Gasteiger partial charge < -0.3 is 9.47 Å². The number of ether oxygens (including phenoxy) is 2. The molecule has 0 saturated carbocycles. The monoisotopic (exact) mass is 441 g/mol. The van der Waals surface area contributed by atoms with Gasteiger partial charge in [0.15, 0.2) is 0 Å². The Bertz CT molecular complexity index is 891. The SMILES string of the molecule is CCOC(=O)Cn1c2c(sc1=O)[C@H]1c3cc(Br)ccc3OC[C@H]1CS2. The van der Waals surface area contributed by atoms with Gasteiger partial charge in [-0.2, -0.15) is 0 Å². The highest BCUT2D eigenvalue weighted by molar-refractivity contribution is 9.10. The fourth-order valence-electron chi connectivity index (χ4n) is 3.35. The smallest absolute Gasteiger partial charge is 0.326 e. The molecule has 2 aliphatic rings. The van der Waals surface area contributed by atoms with Crippen molar-refractivity contribution in [2.75, 3.05) is 19.0 Å². The molecule has 0 amide bonds. The third-order valence-corrected chi connectivity index (χ3v) is 7.41. The second-order valence-electron chi connectivity index (χ2n) is 5.97. The van der Waals surface area contributed by atoms with E-state index in [-0.39, 0.29) is 23.3 Å². The Kier molecular flexibility index (Phi) is 4.68. The Morgan fingerprint density at radius 3 is 3.12 bits per heavy atom. The van der Waals surface area contributed by atoms with Gasteiger partial charge in [-0.1, -0.05) is 27.3 Å². The molecule has 0 radical (unpaired) electrons. The molecule has 8 heteroatoms. The average Bonchev–Trinajstić information content (AvgIpc) is 2.90.